The summed E-state index contributed by atoms with van der Waals surface area (Å²) in [5, 5.41) is 11.0. The van der Waals surface area contributed by atoms with E-state index in [1.807, 2.05) is 0 Å². The van der Waals surface area contributed by atoms with E-state index in [0.29, 0.717) is 17.5 Å². The lowest BCUT2D eigenvalue weighted by atomic mass is 9.87. The third kappa shape index (κ3) is 3.33. The summed E-state index contributed by atoms with van der Waals surface area (Å²) in [4.78, 5) is 24.1. The summed E-state index contributed by atoms with van der Waals surface area (Å²) in [5.74, 6) is -0.159. The zero-order valence-corrected chi connectivity index (χ0v) is 12.7. The number of ether oxygens (including phenoxy) is 1. The van der Waals surface area contributed by atoms with E-state index in [4.69, 9.17) is 4.74 Å². The van der Waals surface area contributed by atoms with Crippen LogP contribution in [0, 0.1) is 11.8 Å². The smallest absolute Gasteiger partial charge is 0.310 e. The molecule has 0 unspecified atom stereocenters. The van der Waals surface area contributed by atoms with Crippen molar-refractivity contribution in [3.05, 3.63) is 5.51 Å². The summed E-state index contributed by atoms with van der Waals surface area (Å²) in [6.45, 7) is 5.90. The lowest BCUT2D eigenvalue weighted by Gasteiger charge is -2.21. The minimum atomic E-state index is -1.02. The number of carbonyl (C=O) groups excluding carboxylic acids is 2. The lowest BCUT2D eigenvalue weighted by molar-refractivity contribution is -0.156. The molecule has 20 heavy (non-hydrogen) atoms. The van der Waals surface area contributed by atoms with Gasteiger partial charge in [0.15, 0.2) is 11.4 Å². The molecule has 0 aromatic carbocycles. The van der Waals surface area contributed by atoms with Crippen molar-refractivity contribution in [1.82, 2.24) is 10.2 Å². The minimum Gasteiger partial charge on any atom is -0.451 e. The normalized spacial score (nSPS) is 25.8. The average Bonchev–Trinajstić information content (AvgIpc) is 2.95. The molecule has 2 rings (SSSR count). The van der Waals surface area contributed by atoms with Gasteiger partial charge < -0.3 is 10.1 Å². The Bertz CT molecular complexity index is 489. The summed E-state index contributed by atoms with van der Waals surface area (Å²) < 4.78 is 5.33. The highest BCUT2D eigenvalue weighted by atomic mass is 32.1. The number of Topliss-reactive ketones (excluding diaryl/α,β-unsaturated/α-hetero) is 1. The molecule has 1 aromatic heterocycles. The fourth-order valence-corrected chi connectivity index (χ4v) is 2.86. The van der Waals surface area contributed by atoms with Gasteiger partial charge >= 0.3 is 5.97 Å². The Labute approximate surface area is 121 Å². The van der Waals surface area contributed by atoms with Gasteiger partial charge in [-0.2, -0.15) is 0 Å². The van der Waals surface area contributed by atoms with Gasteiger partial charge in [-0.05, 0) is 19.3 Å². The van der Waals surface area contributed by atoms with E-state index in [9.17, 15) is 9.59 Å². The molecule has 1 aromatic rings. The Kier molecular flexibility index (Phi) is 4.37. The van der Waals surface area contributed by atoms with E-state index < -0.39 is 5.60 Å². The number of ketones is 1. The molecule has 1 N–H and O–H groups in total. The number of hydrogen-bond donors (Lipinski definition) is 1. The molecule has 0 bridgehead atoms. The van der Waals surface area contributed by atoms with Gasteiger partial charge in [-0.1, -0.05) is 25.2 Å². The summed E-state index contributed by atoms with van der Waals surface area (Å²) in [6.07, 6.45) is 1.21. The predicted octanol–water partition coefficient (Wildman–Crippen LogP) is 1.89. The monoisotopic (exact) mass is 297 g/mol. The van der Waals surface area contributed by atoms with E-state index in [-0.39, 0.29) is 24.2 Å². The number of rotatable bonds is 6. The summed E-state index contributed by atoms with van der Waals surface area (Å²) >= 11 is 1.32. The molecule has 1 saturated heterocycles. The summed E-state index contributed by atoms with van der Waals surface area (Å²) in [6, 6.07) is 0. The molecule has 0 radical (unpaired) electrons. The highest BCUT2D eigenvalue weighted by Gasteiger charge is 2.48. The summed E-state index contributed by atoms with van der Waals surface area (Å²) in [5.41, 5.74) is 0.567. The molecule has 6 nitrogen and oxygen atoms in total. The van der Waals surface area contributed by atoms with Crippen molar-refractivity contribution in [3.63, 3.8) is 0 Å². The van der Waals surface area contributed by atoms with Gasteiger partial charge in [-0.25, -0.2) is 0 Å². The zero-order chi connectivity index (χ0) is 14.8. The van der Waals surface area contributed by atoms with E-state index in [2.05, 4.69) is 29.4 Å². The van der Waals surface area contributed by atoms with E-state index >= 15 is 0 Å². The van der Waals surface area contributed by atoms with Crippen LogP contribution in [0.3, 0.4) is 0 Å². The van der Waals surface area contributed by atoms with Crippen LogP contribution in [0.15, 0.2) is 5.51 Å². The Morgan fingerprint density at radius 1 is 1.65 bits per heavy atom. The van der Waals surface area contributed by atoms with Crippen molar-refractivity contribution < 1.29 is 14.3 Å². The van der Waals surface area contributed by atoms with Crippen molar-refractivity contribution >= 4 is 28.2 Å². The molecule has 0 spiro atoms. The molecule has 110 valence electrons. The second-order valence-corrected chi connectivity index (χ2v) is 6.54. The van der Waals surface area contributed by atoms with Crippen LogP contribution in [-0.2, 0) is 14.3 Å². The molecule has 1 aliphatic heterocycles. The maximum absolute atomic E-state index is 12.3. The first kappa shape index (κ1) is 14.9. The van der Waals surface area contributed by atoms with Gasteiger partial charge in [0.25, 0.3) is 0 Å². The third-order valence-electron chi connectivity index (χ3n) is 3.40. The van der Waals surface area contributed by atoms with Crippen LogP contribution in [0.1, 0.15) is 33.6 Å². The van der Waals surface area contributed by atoms with Crippen LogP contribution in [-0.4, -0.2) is 34.1 Å². The number of hydrogen-bond acceptors (Lipinski definition) is 7. The zero-order valence-electron chi connectivity index (χ0n) is 11.9. The van der Waals surface area contributed by atoms with Crippen LogP contribution in [0.4, 0.5) is 5.13 Å². The van der Waals surface area contributed by atoms with E-state index in [0.717, 1.165) is 6.42 Å². The fraction of sp³-hybridized carbons (Fsp3) is 0.692. The van der Waals surface area contributed by atoms with Crippen LogP contribution < -0.4 is 5.32 Å². The summed E-state index contributed by atoms with van der Waals surface area (Å²) in [7, 11) is 0. The predicted molar refractivity (Wildman–Crippen MR) is 75.5 cm³/mol. The minimum absolute atomic E-state index is 0.0906. The lowest BCUT2D eigenvalue weighted by Crippen LogP contribution is -2.39. The largest absolute Gasteiger partial charge is 0.451 e. The molecule has 2 atom stereocenters. The fourth-order valence-electron chi connectivity index (χ4n) is 2.41. The van der Waals surface area contributed by atoms with Gasteiger partial charge in [0.2, 0.25) is 5.13 Å². The third-order valence-corrected chi connectivity index (χ3v) is 4.05. The van der Waals surface area contributed by atoms with E-state index in [1.54, 1.807) is 12.4 Å². The number of aromatic nitrogens is 2. The first-order chi connectivity index (χ1) is 9.40. The number of cyclic esters (lactones) is 1. The molecule has 1 fully saturated rings. The number of nitrogens with zero attached hydrogens (tertiary/aromatic N) is 2. The first-order valence-electron chi connectivity index (χ1n) is 6.67. The Morgan fingerprint density at radius 2 is 2.40 bits per heavy atom. The molecule has 0 amide bonds. The number of anilines is 1. The number of nitrogens with one attached hydrogen (secondary N) is 1. The maximum Gasteiger partial charge on any atom is 0.310 e. The Balaban J connectivity index is 1.93. The molecule has 2 heterocycles. The highest BCUT2D eigenvalue weighted by molar-refractivity contribution is 7.13. The second kappa shape index (κ2) is 5.87. The van der Waals surface area contributed by atoms with Crippen LogP contribution >= 0.6 is 11.3 Å². The van der Waals surface area contributed by atoms with Crippen LogP contribution in [0.2, 0.25) is 0 Å². The molecule has 0 aliphatic carbocycles. The SMILES string of the molecule is CC(C)C[C@@H]1C[C@](C)(C(=O)CNc2nncs2)OC1=O. The van der Waals surface area contributed by atoms with Gasteiger partial charge in [0.1, 0.15) is 5.51 Å². The topological polar surface area (TPSA) is 81.2 Å². The van der Waals surface area contributed by atoms with Crippen molar-refractivity contribution in [2.45, 2.75) is 39.2 Å². The number of carbonyl (C=O) groups is 2. The quantitative estimate of drug-likeness (QED) is 0.808. The van der Waals surface area contributed by atoms with Gasteiger partial charge in [-0.3, -0.25) is 9.59 Å². The second-order valence-electron chi connectivity index (χ2n) is 5.70. The van der Waals surface area contributed by atoms with Crippen LogP contribution in [0.25, 0.3) is 0 Å². The maximum atomic E-state index is 12.3. The van der Waals surface area contributed by atoms with Gasteiger partial charge in [-0.15, -0.1) is 10.2 Å². The van der Waals surface area contributed by atoms with E-state index in [1.165, 1.54) is 11.3 Å². The Hall–Kier alpha value is -1.50. The number of esters is 1. The molecule has 1 aliphatic rings. The van der Waals surface area contributed by atoms with Gasteiger partial charge in [0.05, 0.1) is 12.5 Å². The van der Waals surface area contributed by atoms with Crippen molar-refractivity contribution in [1.29, 1.82) is 0 Å². The first-order valence-corrected chi connectivity index (χ1v) is 7.55. The molecule has 0 saturated carbocycles. The van der Waals surface area contributed by atoms with Crippen molar-refractivity contribution in [3.8, 4) is 0 Å². The molecular formula is C13H19N3O3S. The van der Waals surface area contributed by atoms with Crippen molar-refractivity contribution in [2.24, 2.45) is 11.8 Å². The molecule has 7 heteroatoms. The molecular weight excluding hydrogens is 278 g/mol. The van der Waals surface area contributed by atoms with Crippen LogP contribution in [0.5, 0.6) is 0 Å². The Morgan fingerprint density at radius 3 is 3.00 bits per heavy atom. The highest BCUT2D eigenvalue weighted by Crippen LogP contribution is 2.35. The average molecular weight is 297 g/mol. The standard InChI is InChI=1S/C13H19N3O3S/c1-8(2)4-9-5-13(3,19-11(9)18)10(17)6-14-12-16-15-7-20-12/h7-9H,4-6H2,1-3H3,(H,14,16)/t9-,13-/m1/s1. The van der Waals surface area contributed by atoms with Gasteiger partial charge in [0, 0.05) is 6.42 Å². The van der Waals surface area contributed by atoms with Crippen molar-refractivity contribution in [2.75, 3.05) is 11.9 Å².